The first-order chi connectivity index (χ1) is 20.2. The van der Waals surface area contributed by atoms with Crippen LogP contribution in [0.4, 0.5) is 4.39 Å². The van der Waals surface area contributed by atoms with E-state index in [1.165, 1.54) is 43.0 Å². The summed E-state index contributed by atoms with van der Waals surface area (Å²) < 4.78 is 16.5. The van der Waals surface area contributed by atoms with Crippen molar-refractivity contribution >= 4 is 5.97 Å². The first-order valence-electron chi connectivity index (χ1n) is 16.0. The molecule has 1 N–H and O–H groups in total. The molecule has 1 heterocycles. The van der Waals surface area contributed by atoms with E-state index in [0.717, 1.165) is 43.5 Å². The van der Waals surface area contributed by atoms with Gasteiger partial charge in [0.1, 0.15) is 11.9 Å². The third kappa shape index (κ3) is 6.96. The highest BCUT2D eigenvalue weighted by atomic mass is 19.1. The number of carboxylic acid groups (broad SMARTS) is 1. The van der Waals surface area contributed by atoms with Crippen LogP contribution < -0.4 is 0 Å². The Kier molecular flexibility index (Phi) is 9.82. The molecular formula is C36H48FN3O2. The molecule has 1 aromatic heterocycles. The van der Waals surface area contributed by atoms with Crippen molar-refractivity contribution in [2.45, 2.75) is 103 Å². The van der Waals surface area contributed by atoms with Gasteiger partial charge in [-0.2, -0.15) is 5.10 Å². The van der Waals surface area contributed by atoms with E-state index in [4.69, 9.17) is 5.10 Å². The average Bonchev–Trinajstić information content (AvgIpc) is 3.58. The van der Waals surface area contributed by atoms with Crippen LogP contribution >= 0.6 is 0 Å². The number of likely N-dealkylation sites (N-methyl/N-ethyl adjacent to an activating group) is 1. The summed E-state index contributed by atoms with van der Waals surface area (Å²) in [6.07, 6.45) is 8.61. The van der Waals surface area contributed by atoms with Crippen LogP contribution in [0.15, 0.2) is 60.7 Å². The van der Waals surface area contributed by atoms with Crippen LogP contribution in [0.3, 0.4) is 0 Å². The van der Waals surface area contributed by atoms with Crippen LogP contribution in [0.2, 0.25) is 0 Å². The second kappa shape index (κ2) is 13.5. The first-order valence-corrected chi connectivity index (χ1v) is 16.0. The summed E-state index contributed by atoms with van der Waals surface area (Å²) in [5.41, 5.74) is 4.90. The number of benzene rings is 2. The number of hydrogen-bond donors (Lipinski definition) is 1. The molecule has 2 aliphatic carbocycles. The maximum absolute atomic E-state index is 14.3. The molecule has 42 heavy (non-hydrogen) atoms. The van der Waals surface area contributed by atoms with Gasteiger partial charge in [-0.05, 0) is 112 Å². The lowest BCUT2D eigenvalue weighted by Crippen LogP contribution is -2.47. The molecule has 6 heteroatoms. The number of halogens is 1. The van der Waals surface area contributed by atoms with E-state index in [0.29, 0.717) is 17.8 Å². The summed E-state index contributed by atoms with van der Waals surface area (Å²) >= 11 is 0. The number of carbonyl (C=O) groups is 1. The van der Waals surface area contributed by atoms with Crippen molar-refractivity contribution in [3.63, 3.8) is 0 Å². The number of aryl methyl sites for hydroxylation is 1. The predicted octanol–water partition coefficient (Wildman–Crippen LogP) is 7.90. The van der Waals surface area contributed by atoms with Crippen LogP contribution in [0.25, 0.3) is 0 Å². The van der Waals surface area contributed by atoms with Crippen LogP contribution in [-0.2, 0) is 17.8 Å². The lowest BCUT2D eigenvalue weighted by Gasteiger charge is -2.33. The van der Waals surface area contributed by atoms with Crippen molar-refractivity contribution in [1.82, 2.24) is 14.7 Å². The highest BCUT2D eigenvalue weighted by Gasteiger charge is 2.42. The van der Waals surface area contributed by atoms with Crippen molar-refractivity contribution < 1.29 is 14.3 Å². The normalized spacial score (nSPS) is 25.3. The van der Waals surface area contributed by atoms with Gasteiger partial charge in [-0.1, -0.05) is 56.3 Å². The van der Waals surface area contributed by atoms with E-state index in [1.54, 1.807) is 6.07 Å². The van der Waals surface area contributed by atoms with E-state index in [9.17, 15) is 14.3 Å². The third-order valence-corrected chi connectivity index (χ3v) is 10.1. The smallest absolute Gasteiger partial charge is 0.321 e. The zero-order valence-corrected chi connectivity index (χ0v) is 25.8. The Morgan fingerprint density at radius 3 is 2.43 bits per heavy atom. The van der Waals surface area contributed by atoms with Crippen molar-refractivity contribution in [3.8, 4) is 0 Å². The Balaban J connectivity index is 1.26. The Hall–Kier alpha value is -2.99. The highest BCUT2D eigenvalue weighted by Crippen LogP contribution is 2.48. The molecule has 4 atom stereocenters. The highest BCUT2D eigenvalue weighted by molar-refractivity contribution is 5.73. The molecular weight excluding hydrogens is 525 g/mol. The molecule has 0 radical (unpaired) electrons. The molecule has 0 bridgehead atoms. The van der Waals surface area contributed by atoms with Gasteiger partial charge in [0.2, 0.25) is 0 Å². The van der Waals surface area contributed by atoms with Crippen molar-refractivity contribution in [3.05, 3.63) is 89.0 Å². The molecule has 0 saturated heterocycles. The summed E-state index contributed by atoms with van der Waals surface area (Å²) in [6, 6.07) is 19.7. The van der Waals surface area contributed by atoms with Crippen molar-refractivity contribution in [2.24, 2.45) is 17.8 Å². The Labute approximate surface area is 251 Å². The molecule has 0 unspecified atom stereocenters. The fourth-order valence-corrected chi connectivity index (χ4v) is 8.07. The fraction of sp³-hybridized carbons (Fsp3) is 0.556. The second-order valence-corrected chi connectivity index (χ2v) is 13.2. The lowest BCUT2D eigenvalue weighted by atomic mass is 9.74. The van der Waals surface area contributed by atoms with Gasteiger partial charge in [0, 0.05) is 30.6 Å². The quantitative estimate of drug-likeness (QED) is 0.253. The molecule has 0 aliphatic heterocycles. The molecule has 5 nitrogen and oxygen atoms in total. The molecule has 0 amide bonds. The van der Waals surface area contributed by atoms with E-state index < -0.39 is 12.0 Å². The van der Waals surface area contributed by atoms with Gasteiger partial charge in [-0.3, -0.25) is 14.4 Å². The van der Waals surface area contributed by atoms with Crippen LogP contribution in [-0.4, -0.2) is 44.9 Å². The van der Waals surface area contributed by atoms with Gasteiger partial charge >= 0.3 is 5.97 Å². The van der Waals surface area contributed by atoms with Crippen molar-refractivity contribution in [1.29, 1.82) is 0 Å². The summed E-state index contributed by atoms with van der Waals surface area (Å²) in [4.78, 5) is 14.2. The van der Waals surface area contributed by atoms with Crippen LogP contribution in [0.1, 0.15) is 100 Å². The van der Waals surface area contributed by atoms with Gasteiger partial charge in [-0.25, -0.2) is 4.39 Å². The standard InChI is InChI=1S/C36H48FN3O2/c1-5-40-34(22-31(38-40)19-25-10-7-6-8-11-25)27-16-14-26(15-17-27)18-29-21-32(39(4)35(24(2)3)36(41)42)23-33(29)28-12-9-13-30(37)20-28/h6-13,20,22,24,26-27,29,32-33,35H,5,14-19,21,23H2,1-4H3,(H,41,42)/t26?,27?,29-,32-,33+,35+/m0/s1. The van der Waals surface area contributed by atoms with Gasteiger partial charge < -0.3 is 5.11 Å². The number of hydrogen-bond acceptors (Lipinski definition) is 3. The van der Waals surface area contributed by atoms with Gasteiger partial charge in [-0.15, -0.1) is 0 Å². The SMILES string of the molecule is CCn1nc(Cc2ccccc2)cc1C1CCC(C[C@H]2C[C@H](N(C)[C@@H](C(=O)O)C(C)C)C[C@@H]2c2cccc(F)c2)CC1. The minimum absolute atomic E-state index is 0.0271. The van der Waals surface area contributed by atoms with E-state index in [1.807, 2.05) is 27.0 Å². The zero-order valence-electron chi connectivity index (χ0n) is 25.8. The van der Waals surface area contributed by atoms with Crippen LogP contribution in [0, 0.1) is 23.6 Å². The van der Waals surface area contributed by atoms with Crippen molar-refractivity contribution in [2.75, 3.05) is 7.05 Å². The number of aromatic nitrogens is 2. The first kappa shape index (κ1) is 30.5. The summed E-state index contributed by atoms with van der Waals surface area (Å²) in [7, 11) is 1.97. The number of carboxylic acids is 1. The Bertz CT molecular complexity index is 1310. The molecule has 226 valence electrons. The largest absolute Gasteiger partial charge is 0.480 e. The Morgan fingerprint density at radius 2 is 1.79 bits per heavy atom. The summed E-state index contributed by atoms with van der Waals surface area (Å²) in [5, 5.41) is 14.9. The van der Waals surface area contributed by atoms with E-state index >= 15 is 0 Å². The molecule has 0 spiro atoms. The predicted molar refractivity (Wildman–Crippen MR) is 166 cm³/mol. The molecule has 2 saturated carbocycles. The number of nitrogens with zero attached hydrogens (tertiary/aromatic N) is 3. The summed E-state index contributed by atoms with van der Waals surface area (Å²) in [6.45, 7) is 7.05. The maximum atomic E-state index is 14.3. The molecule has 2 aromatic carbocycles. The lowest BCUT2D eigenvalue weighted by molar-refractivity contribution is -0.145. The monoisotopic (exact) mass is 573 g/mol. The van der Waals surface area contributed by atoms with Gasteiger partial charge in [0.25, 0.3) is 0 Å². The third-order valence-electron chi connectivity index (χ3n) is 10.1. The van der Waals surface area contributed by atoms with E-state index in [2.05, 4.69) is 59.0 Å². The maximum Gasteiger partial charge on any atom is 0.321 e. The van der Waals surface area contributed by atoms with E-state index in [-0.39, 0.29) is 23.7 Å². The number of aliphatic carboxylic acids is 1. The summed E-state index contributed by atoms with van der Waals surface area (Å²) in [5.74, 6) is 0.966. The minimum atomic E-state index is -0.755. The van der Waals surface area contributed by atoms with Crippen LogP contribution in [0.5, 0.6) is 0 Å². The molecule has 3 aromatic rings. The molecule has 5 rings (SSSR count). The average molecular weight is 574 g/mol. The second-order valence-electron chi connectivity index (χ2n) is 13.2. The molecule has 2 aliphatic rings. The number of rotatable bonds is 11. The Morgan fingerprint density at radius 1 is 1.05 bits per heavy atom. The molecule has 2 fully saturated rings. The zero-order chi connectivity index (χ0) is 29.8. The fourth-order valence-electron chi connectivity index (χ4n) is 8.07. The van der Waals surface area contributed by atoms with Gasteiger partial charge in [0.05, 0.1) is 5.69 Å². The minimum Gasteiger partial charge on any atom is -0.480 e. The van der Waals surface area contributed by atoms with Gasteiger partial charge in [0.15, 0.2) is 0 Å². The topological polar surface area (TPSA) is 58.4 Å².